The van der Waals surface area contributed by atoms with Crippen molar-refractivity contribution in [1.29, 1.82) is 0 Å². The zero-order valence-electron chi connectivity index (χ0n) is 22.0. The molecule has 1 aromatic heterocycles. The number of amides is 1. The number of fused-ring (bicyclic) bond motifs is 1. The van der Waals surface area contributed by atoms with Crippen molar-refractivity contribution in [3.63, 3.8) is 0 Å². The van der Waals surface area contributed by atoms with Crippen LogP contribution in [0.2, 0.25) is 0 Å². The summed E-state index contributed by atoms with van der Waals surface area (Å²) in [5.74, 6) is 0.193. The molecule has 3 heterocycles. The average Bonchev–Trinajstić information content (AvgIpc) is 3.40. The maximum absolute atomic E-state index is 14.3. The van der Waals surface area contributed by atoms with E-state index >= 15 is 0 Å². The zero-order chi connectivity index (χ0) is 27.5. The van der Waals surface area contributed by atoms with Crippen LogP contribution in [0.3, 0.4) is 0 Å². The van der Waals surface area contributed by atoms with Gasteiger partial charge in [0.2, 0.25) is 0 Å². The molecule has 0 aliphatic carbocycles. The van der Waals surface area contributed by atoms with Crippen LogP contribution in [0.1, 0.15) is 47.1 Å². The van der Waals surface area contributed by atoms with Gasteiger partial charge in [-0.15, -0.1) is 0 Å². The number of nitrogens with zero attached hydrogens (tertiary/aromatic N) is 4. The highest BCUT2D eigenvalue weighted by Crippen LogP contribution is 2.40. The Morgan fingerprint density at radius 3 is 2.44 bits per heavy atom. The molecule has 0 spiro atoms. The highest BCUT2D eigenvalue weighted by Gasteiger charge is 2.38. The van der Waals surface area contributed by atoms with Crippen LogP contribution in [0, 0.1) is 0 Å². The minimum absolute atomic E-state index is 0.00386. The Morgan fingerprint density at radius 1 is 1.03 bits per heavy atom. The molecule has 0 radical (unpaired) electrons. The number of halogens is 2. The summed E-state index contributed by atoms with van der Waals surface area (Å²) in [5.41, 5.74) is 6.30. The van der Waals surface area contributed by atoms with E-state index in [1.807, 2.05) is 36.1 Å². The standard InChI is InChI=1S/C29H31I2N5O3/c1-3-39-29(38)24-16-25-32-19(2)26(27(36(25)33-24)22-11-7-8-20(17-30)23(22)18-31)28(37)35-14-12-34(13-15-35)21-9-5-4-6-10-21/h4-11,16,27,32H,3,12-15,17-18H2,1-2H3. The molecule has 0 bridgehead atoms. The average molecular weight is 751 g/mol. The van der Waals surface area contributed by atoms with E-state index in [9.17, 15) is 9.59 Å². The number of rotatable bonds is 7. The molecule has 2 aliphatic heterocycles. The summed E-state index contributed by atoms with van der Waals surface area (Å²) < 4.78 is 8.68. The first-order valence-corrected chi connectivity index (χ1v) is 16.1. The van der Waals surface area contributed by atoms with Crippen LogP contribution in [0.5, 0.6) is 0 Å². The van der Waals surface area contributed by atoms with Crippen LogP contribution in [-0.2, 0) is 18.4 Å². The largest absolute Gasteiger partial charge is 0.461 e. The fraction of sp³-hybridized carbons (Fsp3) is 0.345. The van der Waals surface area contributed by atoms with Crippen molar-refractivity contribution in [2.75, 3.05) is 43.0 Å². The minimum atomic E-state index is -0.474. The first kappa shape index (κ1) is 27.9. The molecular formula is C29H31I2N5O3. The van der Waals surface area contributed by atoms with Gasteiger partial charge in [-0.25, -0.2) is 9.48 Å². The summed E-state index contributed by atoms with van der Waals surface area (Å²) in [6, 6.07) is 17.8. The van der Waals surface area contributed by atoms with Gasteiger partial charge in [0.05, 0.1) is 12.2 Å². The number of carbonyl (C=O) groups excluding carboxylic acids is 2. The fourth-order valence-corrected chi connectivity index (χ4v) is 6.96. The number of aromatic nitrogens is 2. The van der Waals surface area contributed by atoms with Gasteiger partial charge in [-0.2, -0.15) is 5.10 Å². The molecule has 2 aliphatic rings. The molecule has 1 N–H and O–H groups in total. The van der Waals surface area contributed by atoms with Crippen LogP contribution in [0.4, 0.5) is 11.5 Å². The Morgan fingerprint density at radius 2 is 1.77 bits per heavy atom. The Kier molecular flexibility index (Phi) is 8.79. The Hall–Kier alpha value is -2.61. The Balaban J connectivity index is 1.53. The van der Waals surface area contributed by atoms with Crippen LogP contribution >= 0.6 is 45.2 Å². The smallest absolute Gasteiger partial charge is 0.358 e. The molecule has 2 aromatic carbocycles. The summed E-state index contributed by atoms with van der Waals surface area (Å²) >= 11 is 4.78. The van der Waals surface area contributed by atoms with Gasteiger partial charge in [0.15, 0.2) is 5.69 Å². The summed E-state index contributed by atoms with van der Waals surface area (Å²) in [6.07, 6.45) is 0. The van der Waals surface area contributed by atoms with E-state index in [2.05, 4.69) is 84.8 Å². The third-order valence-corrected chi connectivity index (χ3v) is 8.84. The van der Waals surface area contributed by atoms with Gasteiger partial charge in [-0.1, -0.05) is 81.6 Å². The molecule has 10 heteroatoms. The van der Waals surface area contributed by atoms with Gasteiger partial charge in [-0.05, 0) is 42.7 Å². The lowest BCUT2D eigenvalue weighted by Crippen LogP contribution is -2.50. The lowest BCUT2D eigenvalue weighted by Gasteiger charge is -2.39. The summed E-state index contributed by atoms with van der Waals surface area (Å²) in [6.45, 7) is 6.77. The van der Waals surface area contributed by atoms with Gasteiger partial charge in [0, 0.05) is 52.5 Å². The normalized spacial score (nSPS) is 17.1. The van der Waals surface area contributed by atoms with E-state index in [4.69, 9.17) is 4.74 Å². The number of carbonyl (C=O) groups is 2. The molecule has 3 aromatic rings. The van der Waals surface area contributed by atoms with Crippen molar-refractivity contribution >= 4 is 68.6 Å². The molecule has 1 atom stereocenters. The van der Waals surface area contributed by atoms with Gasteiger partial charge in [0.1, 0.15) is 11.9 Å². The quantitative estimate of drug-likeness (QED) is 0.194. The lowest BCUT2D eigenvalue weighted by molar-refractivity contribution is -0.128. The summed E-state index contributed by atoms with van der Waals surface area (Å²) in [5, 5.41) is 8.04. The Bertz CT molecular complexity index is 1400. The van der Waals surface area contributed by atoms with Gasteiger partial charge < -0.3 is 19.9 Å². The predicted octanol–water partition coefficient (Wildman–Crippen LogP) is 5.57. The van der Waals surface area contributed by atoms with E-state index in [1.54, 1.807) is 17.7 Å². The Labute approximate surface area is 256 Å². The molecule has 1 amide bonds. The van der Waals surface area contributed by atoms with Crippen LogP contribution < -0.4 is 10.2 Å². The summed E-state index contributed by atoms with van der Waals surface area (Å²) in [4.78, 5) is 31.1. The first-order chi connectivity index (χ1) is 19.0. The summed E-state index contributed by atoms with van der Waals surface area (Å²) in [7, 11) is 0. The lowest BCUT2D eigenvalue weighted by atomic mass is 9.89. The van der Waals surface area contributed by atoms with Crippen molar-refractivity contribution in [2.45, 2.75) is 28.7 Å². The van der Waals surface area contributed by atoms with Gasteiger partial charge >= 0.3 is 5.97 Å². The van der Waals surface area contributed by atoms with E-state index in [0.717, 1.165) is 33.2 Å². The molecule has 0 saturated carbocycles. The number of nitrogens with one attached hydrogen (secondary N) is 1. The van der Waals surface area contributed by atoms with E-state index in [0.29, 0.717) is 24.5 Å². The number of anilines is 2. The molecule has 204 valence electrons. The topological polar surface area (TPSA) is 79.7 Å². The maximum Gasteiger partial charge on any atom is 0.358 e. The molecule has 1 unspecified atom stereocenters. The monoisotopic (exact) mass is 751 g/mol. The highest BCUT2D eigenvalue weighted by atomic mass is 127. The van der Waals surface area contributed by atoms with Crippen molar-refractivity contribution in [3.05, 3.63) is 88.3 Å². The molecular weight excluding hydrogens is 720 g/mol. The van der Waals surface area contributed by atoms with Gasteiger partial charge in [0.25, 0.3) is 5.91 Å². The number of ether oxygens (including phenoxy) is 1. The van der Waals surface area contributed by atoms with Crippen LogP contribution in [-0.4, -0.2) is 59.3 Å². The number of alkyl halides is 2. The molecule has 5 rings (SSSR count). The van der Waals surface area contributed by atoms with Crippen molar-refractivity contribution in [1.82, 2.24) is 14.7 Å². The molecule has 8 nitrogen and oxygen atoms in total. The molecule has 39 heavy (non-hydrogen) atoms. The second-order valence-corrected chi connectivity index (χ2v) is 11.0. The van der Waals surface area contributed by atoms with Crippen molar-refractivity contribution in [3.8, 4) is 0 Å². The first-order valence-electron chi connectivity index (χ1n) is 13.0. The van der Waals surface area contributed by atoms with Crippen molar-refractivity contribution in [2.24, 2.45) is 0 Å². The zero-order valence-corrected chi connectivity index (χ0v) is 26.3. The maximum atomic E-state index is 14.3. The van der Waals surface area contributed by atoms with E-state index in [1.165, 1.54) is 16.8 Å². The fourth-order valence-electron chi connectivity index (χ4n) is 5.32. The number of esters is 1. The predicted molar refractivity (Wildman–Crippen MR) is 170 cm³/mol. The van der Waals surface area contributed by atoms with E-state index in [-0.39, 0.29) is 18.2 Å². The van der Waals surface area contributed by atoms with Crippen LogP contribution in [0.15, 0.2) is 65.9 Å². The van der Waals surface area contributed by atoms with Crippen LogP contribution in [0.25, 0.3) is 0 Å². The second kappa shape index (κ2) is 12.3. The number of allylic oxidation sites excluding steroid dienone is 1. The minimum Gasteiger partial charge on any atom is -0.461 e. The van der Waals surface area contributed by atoms with Crippen molar-refractivity contribution < 1.29 is 14.3 Å². The molecule has 1 saturated heterocycles. The number of hydrogen-bond donors (Lipinski definition) is 1. The second-order valence-electron chi connectivity index (χ2n) is 9.51. The molecule has 1 fully saturated rings. The number of para-hydroxylation sites is 1. The SMILES string of the molecule is CCOC(=O)c1cc2n(n1)C(c1cccc(CI)c1CI)C(C(=O)N1CCN(c3ccccc3)CC1)=C(C)N2. The highest BCUT2D eigenvalue weighted by molar-refractivity contribution is 14.1. The third kappa shape index (κ3) is 5.54. The third-order valence-electron chi connectivity index (χ3n) is 7.26. The number of piperazine rings is 1. The number of hydrogen-bond acceptors (Lipinski definition) is 6. The van der Waals surface area contributed by atoms with Gasteiger partial charge in [-0.3, -0.25) is 4.79 Å². The number of benzene rings is 2. The van der Waals surface area contributed by atoms with E-state index < -0.39 is 12.0 Å².